The number of nitrogens with zero attached hydrogens (tertiary/aromatic N) is 2. The maximum atomic E-state index is 12.4. The van der Waals surface area contributed by atoms with Gasteiger partial charge in [0.15, 0.2) is 0 Å². The van der Waals surface area contributed by atoms with Crippen LogP contribution in [0.15, 0.2) is 108 Å². The summed E-state index contributed by atoms with van der Waals surface area (Å²) in [5.41, 5.74) is 6.67. The maximum absolute atomic E-state index is 12.4. The second-order valence-electron chi connectivity index (χ2n) is 8.62. The lowest BCUT2D eigenvalue weighted by Crippen LogP contribution is -2.39. The van der Waals surface area contributed by atoms with Gasteiger partial charge in [0.25, 0.3) is 0 Å². The molecule has 9 nitrogen and oxygen atoms in total. The van der Waals surface area contributed by atoms with Crippen LogP contribution >= 0.6 is 7.60 Å². The zero-order valence-electron chi connectivity index (χ0n) is 20.9. The lowest BCUT2D eigenvalue weighted by atomic mass is 9.80. The molecule has 0 amide bonds. The Hall–Kier alpha value is -3.59. The van der Waals surface area contributed by atoms with E-state index in [1.165, 1.54) is 16.8 Å². The fourth-order valence-electron chi connectivity index (χ4n) is 4.19. The first kappa shape index (κ1) is 27.4. The van der Waals surface area contributed by atoms with E-state index in [0.29, 0.717) is 0 Å². The van der Waals surface area contributed by atoms with Gasteiger partial charge in [-0.05, 0) is 22.8 Å². The quantitative estimate of drug-likeness (QED) is 0.206. The molecule has 0 radical (unpaired) electrons. The Morgan fingerprint density at radius 1 is 0.921 bits per heavy atom. The fourth-order valence-corrected chi connectivity index (χ4v) is 4.70. The van der Waals surface area contributed by atoms with Crippen molar-refractivity contribution < 1.29 is 23.5 Å². The number of hydrogen-bond acceptors (Lipinski definition) is 7. The molecule has 198 valence electrons. The summed E-state index contributed by atoms with van der Waals surface area (Å²) in [4.78, 5) is 26.2. The monoisotopic (exact) mass is 535 g/mol. The molecule has 0 aliphatic rings. The van der Waals surface area contributed by atoms with Crippen LogP contribution in [0.1, 0.15) is 16.7 Å². The highest BCUT2D eigenvalue weighted by Crippen LogP contribution is 2.42. The third-order valence-electron chi connectivity index (χ3n) is 6.08. The second-order valence-corrected chi connectivity index (χ2v) is 10.5. The molecule has 0 spiro atoms. The minimum Gasteiger partial charge on any atom is -0.383 e. The van der Waals surface area contributed by atoms with Crippen LogP contribution in [-0.4, -0.2) is 40.6 Å². The van der Waals surface area contributed by atoms with E-state index in [1.807, 2.05) is 91.0 Å². The topological polar surface area (TPSA) is 126 Å². The average Bonchev–Trinajstić information content (AvgIpc) is 2.95. The van der Waals surface area contributed by atoms with Crippen molar-refractivity contribution in [3.05, 3.63) is 130 Å². The van der Waals surface area contributed by atoms with E-state index in [-0.39, 0.29) is 19.0 Å². The van der Waals surface area contributed by atoms with Crippen molar-refractivity contribution in [2.75, 3.05) is 25.8 Å². The molecule has 4 rings (SSSR count). The number of anilines is 1. The standard InChI is InChI=1S/C28H30N3O6P/c1-35-38(33,34)21-36-25(19-31-18-17-26(29)30-27(31)32)20-37-28(22-11-5-2-6-12-22,23-13-7-3-8-14-23)24-15-9-4-10-16-24/h2-18,25H,19-21H2,1H3,(H,33,34)(H2,29,30,32). The molecule has 0 fully saturated rings. The Labute approximate surface area is 221 Å². The summed E-state index contributed by atoms with van der Waals surface area (Å²) in [5.74, 6) is 0.0930. The minimum atomic E-state index is -3.99. The molecule has 2 unspecified atom stereocenters. The van der Waals surface area contributed by atoms with Crippen LogP contribution < -0.4 is 11.4 Å². The Balaban J connectivity index is 1.76. The van der Waals surface area contributed by atoms with Crippen LogP contribution in [0.2, 0.25) is 0 Å². The molecule has 3 aromatic carbocycles. The van der Waals surface area contributed by atoms with Gasteiger partial charge in [-0.1, -0.05) is 91.0 Å². The Kier molecular flexibility index (Phi) is 8.89. The molecule has 0 aliphatic carbocycles. The highest BCUT2D eigenvalue weighted by molar-refractivity contribution is 7.52. The Bertz CT molecular complexity index is 1320. The van der Waals surface area contributed by atoms with Gasteiger partial charge in [0.2, 0.25) is 0 Å². The van der Waals surface area contributed by atoms with E-state index < -0.39 is 31.3 Å². The van der Waals surface area contributed by atoms with Gasteiger partial charge >= 0.3 is 13.3 Å². The van der Waals surface area contributed by atoms with Gasteiger partial charge in [0.05, 0.1) is 19.3 Å². The van der Waals surface area contributed by atoms with Gasteiger partial charge in [-0.25, -0.2) is 4.79 Å². The Morgan fingerprint density at radius 2 is 1.42 bits per heavy atom. The van der Waals surface area contributed by atoms with Crippen molar-refractivity contribution >= 4 is 13.4 Å². The van der Waals surface area contributed by atoms with E-state index in [1.54, 1.807) is 0 Å². The van der Waals surface area contributed by atoms with Crippen LogP contribution in [0, 0.1) is 0 Å². The van der Waals surface area contributed by atoms with Gasteiger partial charge < -0.3 is 24.6 Å². The van der Waals surface area contributed by atoms with Crippen LogP contribution in [0.4, 0.5) is 5.82 Å². The summed E-state index contributed by atoms with van der Waals surface area (Å²) in [6.45, 7) is -0.0382. The molecule has 0 saturated carbocycles. The van der Waals surface area contributed by atoms with E-state index >= 15 is 0 Å². The molecule has 4 aromatic rings. The molecule has 0 saturated heterocycles. The molecular formula is C28H30N3O6P. The average molecular weight is 536 g/mol. The van der Waals surface area contributed by atoms with Gasteiger partial charge in [-0.2, -0.15) is 4.98 Å². The second kappa shape index (κ2) is 12.3. The van der Waals surface area contributed by atoms with Crippen molar-refractivity contribution in [1.29, 1.82) is 0 Å². The third kappa shape index (κ3) is 6.45. The summed E-state index contributed by atoms with van der Waals surface area (Å²) in [5, 5.41) is 0. The predicted molar refractivity (Wildman–Crippen MR) is 145 cm³/mol. The van der Waals surface area contributed by atoms with E-state index in [9.17, 15) is 14.3 Å². The van der Waals surface area contributed by atoms with Crippen LogP contribution in [-0.2, 0) is 30.7 Å². The molecule has 2 atom stereocenters. The SMILES string of the molecule is COP(=O)(O)COC(COC(c1ccccc1)(c1ccccc1)c1ccccc1)Cn1ccc(N)nc1=O. The summed E-state index contributed by atoms with van der Waals surface area (Å²) in [7, 11) is -2.86. The molecule has 0 aliphatic heterocycles. The molecule has 1 aromatic heterocycles. The number of aromatic nitrogens is 2. The zero-order chi connectivity index (χ0) is 27.0. The normalized spacial score (nSPS) is 14.1. The summed E-state index contributed by atoms with van der Waals surface area (Å²) in [6.07, 6.45) is 0.0996. The van der Waals surface area contributed by atoms with Crippen molar-refractivity contribution in [3.8, 4) is 0 Å². The predicted octanol–water partition coefficient (Wildman–Crippen LogP) is 4.01. The van der Waals surface area contributed by atoms with Crippen LogP contribution in [0.25, 0.3) is 0 Å². The number of benzene rings is 3. The number of hydrogen-bond donors (Lipinski definition) is 2. The van der Waals surface area contributed by atoms with Gasteiger partial charge in [0, 0.05) is 13.3 Å². The van der Waals surface area contributed by atoms with Gasteiger partial charge in [0.1, 0.15) is 17.8 Å². The van der Waals surface area contributed by atoms with Crippen LogP contribution in [0.5, 0.6) is 0 Å². The molecule has 0 bridgehead atoms. The fraction of sp³-hybridized carbons (Fsp3) is 0.214. The molecule has 3 N–H and O–H groups in total. The highest BCUT2D eigenvalue weighted by atomic mass is 31.2. The van der Waals surface area contributed by atoms with Crippen molar-refractivity contribution in [2.24, 2.45) is 0 Å². The number of ether oxygens (including phenoxy) is 2. The first-order valence-electron chi connectivity index (χ1n) is 12.0. The van der Waals surface area contributed by atoms with Gasteiger partial charge in [-0.3, -0.25) is 9.13 Å². The molecular weight excluding hydrogens is 505 g/mol. The summed E-state index contributed by atoms with van der Waals surface area (Å²) in [6, 6.07) is 30.8. The Morgan fingerprint density at radius 3 is 1.87 bits per heavy atom. The third-order valence-corrected chi connectivity index (χ3v) is 7.13. The van der Waals surface area contributed by atoms with Crippen molar-refractivity contribution in [1.82, 2.24) is 9.55 Å². The van der Waals surface area contributed by atoms with Crippen molar-refractivity contribution in [3.63, 3.8) is 0 Å². The van der Waals surface area contributed by atoms with Crippen molar-refractivity contribution in [2.45, 2.75) is 18.2 Å². The summed E-state index contributed by atoms with van der Waals surface area (Å²) >= 11 is 0. The lowest BCUT2D eigenvalue weighted by molar-refractivity contribution is -0.0632. The van der Waals surface area contributed by atoms with E-state index in [0.717, 1.165) is 23.8 Å². The maximum Gasteiger partial charge on any atom is 0.353 e. The molecule has 1 heterocycles. The first-order chi connectivity index (χ1) is 18.3. The highest BCUT2D eigenvalue weighted by Gasteiger charge is 2.38. The lowest BCUT2D eigenvalue weighted by Gasteiger charge is -2.37. The zero-order valence-corrected chi connectivity index (χ0v) is 21.8. The minimum absolute atomic E-state index is 0.00424. The van der Waals surface area contributed by atoms with Gasteiger partial charge in [-0.15, -0.1) is 0 Å². The van der Waals surface area contributed by atoms with E-state index in [4.69, 9.17) is 15.2 Å². The largest absolute Gasteiger partial charge is 0.383 e. The number of nitrogen functional groups attached to an aromatic ring is 1. The molecule has 10 heteroatoms. The first-order valence-corrected chi connectivity index (χ1v) is 13.7. The van der Waals surface area contributed by atoms with E-state index in [2.05, 4.69) is 9.51 Å². The number of rotatable bonds is 12. The molecule has 38 heavy (non-hydrogen) atoms. The number of nitrogens with two attached hydrogens (primary N) is 1. The van der Waals surface area contributed by atoms with Crippen LogP contribution in [0.3, 0.4) is 0 Å². The summed E-state index contributed by atoms with van der Waals surface area (Å²) < 4.78 is 30.8. The smallest absolute Gasteiger partial charge is 0.353 e.